The minimum Gasteiger partial charge on any atom is -0.462 e. The Morgan fingerprint density at radius 3 is 2.37 bits per heavy atom. The van der Waals surface area contributed by atoms with E-state index in [9.17, 15) is 9.59 Å². The Hall–Kier alpha value is -3.34. The molecule has 5 heteroatoms. The number of carbonyl (C=O) groups is 2. The number of amides is 1. The van der Waals surface area contributed by atoms with E-state index in [-0.39, 0.29) is 11.9 Å². The zero-order chi connectivity index (χ0) is 21.7. The van der Waals surface area contributed by atoms with Crippen molar-refractivity contribution >= 4 is 17.6 Å². The van der Waals surface area contributed by atoms with Gasteiger partial charge in [-0.05, 0) is 62.6 Å². The third-order valence-electron chi connectivity index (χ3n) is 5.28. The lowest BCUT2D eigenvalue weighted by Crippen LogP contribution is -2.16. The van der Waals surface area contributed by atoms with Crippen LogP contribution in [0.2, 0.25) is 0 Å². The van der Waals surface area contributed by atoms with Crippen molar-refractivity contribution in [2.24, 2.45) is 0 Å². The molecule has 1 heterocycles. The molecule has 0 saturated heterocycles. The van der Waals surface area contributed by atoms with E-state index in [1.54, 1.807) is 6.92 Å². The van der Waals surface area contributed by atoms with E-state index in [0.29, 0.717) is 25.1 Å². The maximum Gasteiger partial charge on any atom is 0.339 e. The maximum absolute atomic E-state index is 12.6. The Morgan fingerprint density at radius 1 is 0.967 bits per heavy atom. The molecule has 1 N–H and O–H groups in total. The summed E-state index contributed by atoms with van der Waals surface area (Å²) in [4.78, 5) is 25.0. The first-order valence-corrected chi connectivity index (χ1v) is 10.2. The molecule has 0 fully saturated rings. The number of carbonyl (C=O) groups excluding carboxylic acids is 2. The van der Waals surface area contributed by atoms with Gasteiger partial charge in [-0.3, -0.25) is 4.79 Å². The topological polar surface area (TPSA) is 60.3 Å². The number of nitrogens with zero attached hydrogens (tertiary/aromatic N) is 1. The van der Waals surface area contributed by atoms with Crippen LogP contribution < -0.4 is 5.32 Å². The number of hydrogen-bond acceptors (Lipinski definition) is 3. The molecule has 1 aromatic heterocycles. The summed E-state index contributed by atoms with van der Waals surface area (Å²) in [6.45, 7) is 8.53. The third kappa shape index (κ3) is 4.79. The van der Waals surface area contributed by atoms with E-state index < -0.39 is 0 Å². The van der Waals surface area contributed by atoms with Gasteiger partial charge in [-0.25, -0.2) is 4.79 Å². The Kier molecular flexibility index (Phi) is 6.72. The molecule has 30 heavy (non-hydrogen) atoms. The minimum atomic E-state index is -0.342. The monoisotopic (exact) mass is 404 g/mol. The highest BCUT2D eigenvalue weighted by molar-refractivity contribution is 5.93. The van der Waals surface area contributed by atoms with Gasteiger partial charge >= 0.3 is 5.97 Å². The van der Waals surface area contributed by atoms with Gasteiger partial charge in [0.15, 0.2) is 0 Å². The molecular formula is C25H28N2O3. The second-order valence-electron chi connectivity index (χ2n) is 7.36. The number of ether oxygens (including phenoxy) is 1. The van der Waals surface area contributed by atoms with Gasteiger partial charge in [0.2, 0.25) is 5.91 Å². The lowest BCUT2D eigenvalue weighted by molar-refractivity contribution is -0.116. The number of anilines is 1. The summed E-state index contributed by atoms with van der Waals surface area (Å²) < 4.78 is 7.22. The summed E-state index contributed by atoms with van der Waals surface area (Å²) in [6, 6.07) is 17.6. The summed E-state index contributed by atoms with van der Waals surface area (Å²) in [5.74, 6) is -0.409. The van der Waals surface area contributed by atoms with E-state index in [1.807, 2.05) is 79.9 Å². The zero-order valence-corrected chi connectivity index (χ0v) is 18.0. The summed E-state index contributed by atoms with van der Waals surface area (Å²) in [5.41, 5.74) is 6.34. The van der Waals surface area contributed by atoms with Crippen molar-refractivity contribution in [3.05, 3.63) is 77.0 Å². The Bertz CT molecular complexity index is 1050. The first-order valence-electron chi connectivity index (χ1n) is 10.2. The van der Waals surface area contributed by atoms with Crippen molar-refractivity contribution in [2.45, 2.75) is 40.7 Å². The average Bonchev–Trinajstić information content (AvgIpc) is 3.06. The molecule has 5 nitrogen and oxygen atoms in total. The zero-order valence-electron chi connectivity index (χ0n) is 18.0. The number of benzene rings is 2. The predicted molar refractivity (Wildman–Crippen MR) is 120 cm³/mol. The number of hydrogen-bond donors (Lipinski definition) is 1. The summed E-state index contributed by atoms with van der Waals surface area (Å²) in [5, 5.41) is 2.96. The standard InChI is InChI=1S/C25H28N2O3/c1-5-30-25(29)22-16-23(20-9-7-6-8-10-20)27(19(22)4)14-13-24(28)26-21-12-11-17(2)18(3)15-21/h6-12,15-16H,5,13-14H2,1-4H3,(H,26,28). The quantitative estimate of drug-likeness (QED) is 0.545. The highest BCUT2D eigenvalue weighted by Gasteiger charge is 2.20. The van der Waals surface area contributed by atoms with E-state index in [2.05, 4.69) is 5.32 Å². The van der Waals surface area contributed by atoms with Crippen LogP contribution in [-0.2, 0) is 16.1 Å². The van der Waals surface area contributed by atoms with Crippen LogP contribution >= 0.6 is 0 Å². The number of nitrogens with one attached hydrogen (secondary N) is 1. The summed E-state index contributed by atoms with van der Waals surface area (Å²) in [7, 11) is 0. The molecule has 0 aliphatic heterocycles. The van der Waals surface area contributed by atoms with E-state index in [1.165, 1.54) is 5.56 Å². The first-order chi connectivity index (χ1) is 14.4. The van der Waals surface area contributed by atoms with Crippen molar-refractivity contribution < 1.29 is 14.3 Å². The third-order valence-corrected chi connectivity index (χ3v) is 5.28. The van der Waals surface area contributed by atoms with E-state index in [4.69, 9.17) is 4.74 Å². The van der Waals surface area contributed by atoms with Crippen molar-refractivity contribution in [3.63, 3.8) is 0 Å². The molecule has 0 aliphatic rings. The fraction of sp³-hybridized carbons (Fsp3) is 0.280. The van der Waals surface area contributed by atoms with Crippen LogP contribution in [0.3, 0.4) is 0 Å². The van der Waals surface area contributed by atoms with Gasteiger partial charge in [0.25, 0.3) is 0 Å². The molecule has 1 amide bonds. The number of aryl methyl sites for hydroxylation is 2. The van der Waals surface area contributed by atoms with Gasteiger partial charge in [-0.15, -0.1) is 0 Å². The molecule has 0 saturated carbocycles. The van der Waals surface area contributed by atoms with Gasteiger partial charge in [-0.1, -0.05) is 36.4 Å². The largest absolute Gasteiger partial charge is 0.462 e. The molecule has 156 valence electrons. The van der Waals surface area contributed by atoms with Crippen molar-refractivity contribution in [3.8, 4) is 11.3 Å². The van der Waals surface area contributed by atoms with Crippen molar-refractivity contribution in [2.75, 3.05) is 11.9 Å². The maximum atomic E-state index is 12.6. The molecule has 0 radical (unpaired) electrons. The normalized spacial score (nSPS) is 10.7. The Morgan fingerprint density at radius 2 is 1.70 bits per heavy atom. The SMILES string of the molecule is CCOC(=O)c1cc(-c2ccccc2)n(CCC(=O)Nc2ccc(C)c(C)c2)c1C. The minimum absolute atomic E-state index is 0.0666. The number of esters is 1. The fourth-order valence-electron chi connectivity index (χ4n) is 3.45. The number of rotatable bonds is 7. The van der Waals surface area contributed by atoms with Crippen molar-refractivity contribution in [1.29, 1.82) is 0 Å². The van der Waals surface area contributed by atoms with Crippen LogP contribution in [0, 0.1) is 20.8 Å². The molecule has 0 spiro atoms. The molecule has 3 rings (SSSR count). The molecular weight excluding hydrogens is 376 g/mol. The fourth-order valence-corrected chi connectivity index (χ4v) is 3.45. The van der Waals surface area contributed by atoms with Crippen LogP contribution in [0.5, 0.6) is 0 Å². The molecule has 0 unspecified atom stereocenters. The Balaban J connectivity index is 1.82. The van der Waals surface area contributed by atoms with Gasteiger partial charge < -0.3 is 14.6 Å². The van der Waals surface area contributed by atoms with Crippen LogP contribution in [0.25, 0.3) is 11.3 Å². The predicted octanol–water partition coefficient (Wildman–Crippen LogP) is 5.29. The highest BCUT2D eigenvalue weighted by atomic mass is 16.5. The molecule has 2 aromatic carbocycles. The van der Waals surface area contributed by atoms with E-state index >= 15 is 0 Å². The second-order valence-corrected chi connectivity index (χ2v) is 7.36. The molecule has 3 aromatic rings. The van der Waals surface area contributed by atoms with Gasteiger partial charge in [0, 0.05) is 30.0 Å². The molecule has 0 atom stereocenters. The molecule has 0 bridgehead atoms. The van der Waals surface area contributed by atoms with Crippen LogP contribution in [0.15, 0.2) is 54.6 Å². The van der Waals surface area contributed by atoms with Crippen molar-refractivity contribution in [1.82, 2.24) is 4.57 Å². The molecule has 0 aliphatic carbocycles. The van der Waals surface area contributed by atoms with Crippen LogP contribution in [-0.4, -0.2) is 23.1 Å². The lowest BCUT2D eigenvalue weighted by atomic mass is 10.1. The number of aromatic nitrogens is 1. The first kappa shape index (κ1) is 21.4. The van der Waals surface area contributed by atoms with Crippen LogP contribution in [0.4, 0.5) is 5.69 Å². The second kappa shape index (κ2) is 9.44. The van der Waals surface area contributed by atoms with E-state index in [0.717, 1.165) is 28.2 Å². The van der Waals surface area contributed by atoms with Gasteiger partial charge in [0.1, 0.15) is 0 Å². The smallest absolute Gasteiger partial charge is 0.339 e. The van der Waals surface area contributed by atoms with Crippen LogP contribution in [0.1, 0.15) is 40.5 Å². The van der Waals surface area contributed by atoms with Gasteiger partial charge in [0.05, 0.1) is 12.2 Å². The highest BCUT2D eigenvalue weighted by Crippen LogP contribution is 2.27. The average molecular weight is 405 g/mol. The Labute approximate surface area is 177 Å². The summed E-state index contributed by atoms with van der Waals surface area (Å²) in [6.07, 6.45) is 0.296. The lowest BCUT2D eigenvalue weighted by Gasteiger charge is -2.13. The summed E-state index contributed by atoms with van der Waals surface area (Å²) >= 11 is 0. The van der Waals surface area contributed by atoms with Gasteiger partial charge in [-0.2, -0.15) is 0 Å².